The van der Waals surface area contributed by atoms with Gasteiger partial charge in [-0.15, -0.1) is 0 Å². The van der Waals surface area contributed by atoms with Gasteiger partial charge in [0.1, 0.15) is 23.7 Å². The predicted molar refractivity (Wildman–Crippen MR) is 138 cm³/mol. The Hall–Kier alpha value is -4.60. The average Bonchev–Trinajstić information content (AvgIpc) is 3.32. The second kappa shape index (κ2) is 10.2. The van der Waals surface area contributed by atoms with E-state index < -0.39 is 5.82 Å². The summed E-state index contributed by atoms with van der Waals surface area (Å²) in [6.45, 7) is 5.07. The Balaban J connectivity index is 1.39. The molecule has 0 saturated carbocycles. The first-order chi connectivity index (χ1) is 17.9. The third-order valence-corrected chi connectivity index (χ3v) is 6.51. The highest BCUT2D eigenvalue weighted by atomic mass is 19.1. The van der Waals surface area contributed by atoms with Crippen molar-refractivity contribution >= 4 is 28.7 Å². The van der Waals surface area contributed by atoms with Gasteiger partial charge in [-0.1, -0.05) is 36.9 Å². The van der Waals surface area contributed by atoms with Crippen molar-refractivity contribution in [1.29, 1.82) is 0 Å². The topological polar surface area (TPSA) is 119 Å². The van der Waals surface area contributed by atoms with E-state index in [4.69, 9.17) is 10.8 Å². The smallest absolute Gasteiger partial charge is 0.251 e. The van der Waals surface area contributed by atoms with Crippen LogP contribution in [-0.4, -0.2) is 49.6 Å². The van der Waals surface area contributed by atoms with Gasteiger partial charge in [0.15, 0.2) is 5.65 Å². The Morgan fingerprint density at radius 2 is 2.00 bits per heavy atom. The van der Waals surface area contributed by atoms with E-state index in [9.17, 15) is 14.0 Å². The lowest BCUT2D eigenvalue weighted by Crippen LogP contribution is -2.40. The molecule has 2 aromatic heterocycles. The Morgan fingerprint density at radius 3 is 2.76 bits per heavy atom. The summed E-state index contributed by atoms with van der Waals surface area (Å²) in [6, 6.07) is 13.1. The molecule has 2 aromatic carbocycles. The van der Waals surface area contributed by atoms with Crippen LogP contribution in [0.15, 0.2) is 67.5 Å². The van der Waals surface area contributed by atoms with E-state index in [0.29, 0.717) is 35.6 Å². The minimum Gasteiger partial charge on any atom is -0.383 e. The second-order valence-corrected chi connectivity index (χ2v) is 8.93. The average molecular weight is 500 g/mol. The molecule has 5 rings (SSSR count). The number of benzene rings is 2. The number of nitrogen functional groups attached to an aromatic ring is 1. The molecule has 1 saturated heterocycles. The van der Waals surface area contributed by atoms with Crippen molar-refractivity contribution in [1.82, 2.24) is 30.0 Å². The highest BCUT2D eigenvalue weighted by Crippen LogP contribution is 2.33. The molecule has 9 nitrogen and oxygen atoms in total. The molecule has 1 fully saturated rings. The van der Waals surface area contributed by atoms with Gasteiger partial charge in [0.2, 0.25) is 5.91 Å². The van der Waals surface area contributed by atoms with Crippen molar-refractivity contribution in [2.24, 2.45) is 0 Å². The number of hydrogen-bond acceptors (Lipinski definition) is 6. The number of amides is 2. The molecule has 1 aliphatic rings. The van der Waals surface area contributed by atoms with Crippen LogP contribution in [-0.2, 0) is 11.3 Å². The minimum absolute atomic E-state index is 0.0551. The molecular formula is C27H26FN7O2. The maximum absolute atomic E-state index is 13.4. The van der Waals surface area contributed by atoms with E-state index in [1.54, 1.807) is 11.0 Å². The fourth-order valence-corrected chi connectivity index (χ4v) is 4.63. The van der Waals surface area contributed by atoms with Gasteiger partial charge in [-0.25, -0.2) is 19.0 Å². The summed E-state index contributed by atoms with van der Waals surface area (Å²) in [5, 5.41) is 8.34. The van der Waals surface area contributed by atoms with Gasteiger partial charge in [-0.2, -0.15) is 5.10 Å². The summed E-state index contributed by atoms with van der Waals surface area (Å²) < 4.78 is 15.2. The third kappa shape index (κ3) is 4.90. The number of hydrogen-bond donors (Lipinski definition) is 2. The van der Waals surface area contributed by atoms with Crippen LogP contribution in [0.1, 0.15) is 34.8 Å². The van der Waals surface area contributed by atoms with E-state index >= 15 is 0 Å². The van der Waals surface area contributed by atoms with Crippen molar-refractivity contribution in [3.63, 3.8) is 0 Å². The first kappa shape index (κ1) is 24.1. The number of aromatic nitrogens is 4. The number of anilines is 1. The molecule has 3 N–H and O–H groups in total. The number of fused-ring (bicyclic) bond motifs is 1. The van der Waals surface area contributed by atoms with Crippen LogP contribution in [0.25, 0.3) is 22.3 Å². The summed E-state index contributed by atoms with van der Waals surface area (Å²) in [5.41, 5.74) is 9.47. The number of carbonyl (C=O) groups excluding carboxylic acids is 2. The van der Waals surface area contributed by atoms with Crippen LogP contribution in [0.4, 0.5) is 10.2 Å². The first-order valence-corrected chi connectivity index (χ1v) is 12.0. The highest BCUT2D eigenvalue weighted by Gasteiger charge is 2.28. The quantitative estimate of drug-likeness (QED) is 0.392. The van der Waals surface area contributed by atoms with Crippen molar-refractivity contribution in [2.45, 2.75) is 25.4 Å². The molecule has 2 amide bonds. The summed E-state index contributed by atoms with van der Waals surface area (Å²) in [5.74, 6) is -0.585. The first-order valence-electron chi connectivity index (χ1n) is 12.0. The second-order valence-electron chi connectivity index (χ2n) is 8.93. The van der Waals surface area contributed by atoms with Gasteiger partial charge >= 0.3 is 0 Å². The van der Waals surface area contributed by atoms with Gasteiger partial charge in [0.05, 0.1) is 11.4 Å². The van der Waals surface area contributed by atoms with Crippen molar-refractivity contribution in [3.8, 4) is 11.3 Å². The molecular weight excluding hydrogens is 473 g/mol. The van der Waals surface area contributed by atoms with Gasteiger partial charge in [0, 0.05) is 30.8 Å². The number of nitrogens with zero attached hydrogens (tertiary/aromatic N) is 5. The molecule has 37 heavy (non-hydrogen) atoms. The maximum Gasteiger partial charge on any atom is 0.251 e. The number of nitrogens with two attached hydrogens (primary N) is 1. The van der Waals surface area contributed by atoms with Gasteiger partial charge < -0.3 is 16.0 Å². The molecule has 1 aliphatic heterocycles. The maximum atomic E-state index is 13.4. The fourth-order valence-electron chi connectivity index (χ4n) is 4.63. The van der Waals surface area contributed by atoms with Gasteiger partial charge in [-0.3, -0.25) is 9.59 Å². The lowest BCUT2D eigenvalue weighted by molar-refractivity contribution is -0.127. The largest absolute Gasteiger partial charge is 0.383 e. The molecule has 4 aromatic rings. The third-order valence-electron chi connectivity index (χ3n) is 6.51. The molecule has 0 radical (unpaired) electrons. The molecule has 1 unspecified atom stereocenters. The Bertz CT molecular complexity index is 1480. The van der Waals surface area contributed by atoms with E-state index in [2.05, 4.69) is 21.9 Å². The van der Waals surface area contributed by atoms with E-state index in [-0.39, 0.29) is 30.0 Å². The van der Waals surface area contributed by atoms with E-state index in [0.717, 1.165) is 24.0 Å². The zero-order chi connectivity index (χ0) is 25.9. The van der Waals surface area contributed by atoms with E-state index in [1.165, 1.54) is 30.6 Å². The molecule has 0 bridgehead atoms. The van der Waals surface area contributed by atoms with Crippen LogP contribution in [0.5, 0.6) is 0 Å². The monoisotopic (exact) mass is 499 g/mol. The normalized spacial score (nSPS) is 15.5. The summed E-state index contributed by atoms with van der Waals surface area (Å²) in [6.07, 6.45) is 4.44. The molecule has 10 heteroatoms. The van der Waals surface area contributed by atoms with Crippen LogP contribution in [0.3, 0.4) is 0 Å². The molecule has 1 atom stereocenters. The van der Waals surface area contributed by atoms with Crippen molar-refractivity contribution in [2.75, 3.05) is 18.8 Å². The number of halogens is 1. The molecule has 188 valence electrons. The summed E-state index contributed by atoms with van der Waals surface area (Å²) in [4.78, 5) is 34.9. The zero-order valence-corrected chi connectivity index (χ0v) is 20.1. The van der Waals surface area contributed by atoms with Gasteiger partial charge in [0.25, 0.3) is 5.91 Å². The van der Waals surface area contributed by atoms with Crippen molar-refractivity contribution in [3.05, 3.63) is 84.5 Å². The summed E-state index contributed by atoms with van der Waals surface area (Å²) in [7, 11) is 0. The number of carbonyl (C=O) groups is 2. The van der Waals surface area contributed by atoms with Crippen LogP contribution < -0.4 is 11.1 Å². The van der Waals surface area contributed by atoms with Crippen LogP contribution in [0.2, 0.25) is 0 Å². The molecule has 0 aliphatic carbocycles. The fraction of sp³-hybridized carbons (Fsp3) is 0.222. The zero-order valence-electron chi connectivity index (χ0n) is 20.1. The highest BCUT2D eigenvalue weighted by molar-refractivity contribution is 5.98. The van der Waals surface area contributed by atoms with Crippen molar-refractivity contribution < 1.29 is 14.0 Å². The van der Waals surface area contributed by atoms with E-state index in [1.807, 2.05) is 28.9 Å². The van der Waals surface area contributed by atoms with Gasteiger partial charge in [-0.05, 0) is 42.7 Å². The molecule has 0 spiro atoms. The number of nitrogens with one attached hydrogen (secondary N) is 1. The number of likely N-dealkylation sites (tertiary alicyclic amines) is 1. The summed E-state index contributed by atoms with van der Waals surface area (Å²) >= 11 is 0. The number of piperidine rings is 1. The van der Waals surface area contributed by atoms with Crippen LogP contribution in [0, 0.1) is 5.82 Å². The SMILES string of the molecule is C=CC(=O)N1CCCC(n2nc(-c3ccc(CNC(=O)c4cccc(F)c4)cc3)c3c(N)ncnc32)C1. The standard InChI is InChI=1S/C27H26FN7O2/c1-2-22(36)34-12-4-7-21(15-34)35-26-23(25(29)31-16-32-26)24(33-35)18-10-8-17(9-11-18)14-30-27(37)19-5-3-6-20(28)13-19/h2-3,5-6,8-11,13,16,21H,1,4,7,12,14-15H2,(H,30,37)(H2,29,31,32). The number of rotatable bonds is 6. The minimum atomic E-state index is -0.458. The predicted octanol–water partition coefficient (Wildman–Crippen LogP) is 3.49. The lowest BCUT2D eigenvalue weighted by Gasteiger charge is -2.32. The Morgan fingerprint density at radius 1 is 1.19 bits per heavy atom. The van der Waals surface area contributed by atoms with Crippen LogP contribution >= 0.6 is 0 Å². The Kier molecular flexibility index (Phi) is 6.63. The lowest BCUT2D eigenvalue weighted by atomic mass is 10.1. The Labute approximate surface area is 212 Å². The molecule has 3 heterocycles.